The summed E-state index contributed by atoms with van der Waals surface area (Å²) in [4.78, 5) is 0. The molecule has 1 nitrogen and oxygen atoms in total. The van der Waals surface area contributed by atoms with Gasteiger partial charge in [-0.2, -0.15) is 0 Å². The number of hydrogen-bond acceptors (Lipinski definition) is 1. The molecule has 0 aliphatic carbocycles. The Kier molecular flexibility index (Phi) is 4.33. The van der Waals surface area contributed by atoms with E-state index in [9.17, 15) is 0 Å². The van der Waals surface area contributed by atoms with Crippen LogP contribution in [0.1, 0.15) is 22.7 Å². The van der Waals surface area contributed by atoms with Gasteiger partial charge in [-0.15, -0.1) is 0 Å². The van der Waals surface area contributed by atoms with Crippen LogP contribution in [0, 0.1) is 6.92 Å². The minimum absolute atomic E-state index is 0.300. The van der Waals surface area contributed by atoms with E-state index in [0.717, 1.165) is 21.2 Å². The summed E-state index contributed by atoms with van der Waals surface area (Å²) in [6.07, 6.45) is 0. The Morgan fingerprint density at radius 2 is 1.67 bits per heavy atom. The van der Waals surface area contributed by atoms with Gasteiger partial charge in [-0.3, -0.25) is 0 Å². The summed E-state index contributed by atoms with van der Waals surface area (Å²) in [7, 11) is 0. The molecule has 0 saturated carbocycles. The van der Waals surface area contributed by atoms with Gasteiger partial charge in [-0.25, -0.2) is 0 Å². The zero-order valence-electron chi connectivity index (χ0n) is 9.75. The lowest BCUT2D eigenvalue weighted by molar-refractivity contribution is 0.864. The first-order valence-corrected chi connectivity index (χ1v) is 7.01. The zero-order valence-corrected chi connectivity index (χ0v) is 12.9. The number of hydrogen-bond donors (Lipinski definition) is 1. The molecule has 0 amide bonds. The molecule has 2 rings (SSSR count). The lowest BCUT2D eigenvalue weighted by atomic mass is 9.98. The molecule has 0 bridgehead atoms. The van der Waals surface area contributed by atoms with E-state index < -0.39 is 0 Å². The number of aryl methyl sites for hydroxylation is 1. The van der Waals surface area contributed by atoms with Crippen molar-refractivity contribution in [2.75, 3.05) is 0 Å². The highest BCUT2D eigenvalue weighted by Crippen LogP contribution is 2.35. The molecule has 0 radical (unpaired) electrons. The second-order valence-electron chi connectivity index (χ2n) is 4.10. The monoisotopic (exact) mass is 343 g/mol. The molecule has 2 aromatic carbocycles. The van der Waals surface area contributed by atoms with Crippen LogP contribution < -0.4 is 5.73 Å². The molecular formula is C14H12BrCl2N. The van der Waals surface area contributed by atoms with E-state index in [1.54, 1.807) is 6.07 Å². The number of rotatable bonds is 2. The van der Waals surface area contributed by atoms with Gasteiger partial charge in [0.05, 0.1) is 16.1 Å². The first kappa shape index (κ1) is 13.9. The van der Waals surface area contributed by atoms with Gasteiger partial charge in [0.2, 0.25) is 0 Å². The molecule has 0 spiro atoms. The molecule has 1 atom stereocenters. The fourth-order valence-corrected chi connectivity index (χ4v) is 2.77. The van der Waals surface area contributed by atoms with Crippen LogP contribution in [0.25, 0.3) is 0 Å². The molecule has 0 aliphatic heterocycles. The molecule has 0 saturated heterocycles. The Balaban J connectivity index is 2.51. The summed E-state index contributed by atoms with van der Waals surface area (Å²) < 4.78 is 1.01. The SMILES string of the molecule is Cc1cccc(C(N)c2cccc(Cl)c2Cl)c1Br. The highest BCUT2D eigenvalue weighted by molar-refractivity contribution is 9.10. The van der Waals surface area contributed by atoms with Gasteiger partial charge < -0.3 is 5.73 Å². The second-order valence-corrected chi connectivity index (χ2v) is 5.68. The van der Waals surface area contributed by atoms with E-state index in [1.165, 1.54) is 0 Å². The first-order valence-electron chi connectivity index (χ1n) is 5.47. The van der Waals surface area contributed by atoms with Gasteiger partial charge in [0.15, 0.2) is 0 Å². The summed E-state index contributed by atoms with van der Waals surface area (Å²) in [6, 6.07) is 11.2. The minimum Gasteiger partial charge on any atom is -0.320 e. The van der Waals surface area contributed by atoms with E-state index in [1.807, 2.05) is 37.3 Å². The third-order valence-electron chi connectivity index (χ3n) is 2.87. The molecule has 0 aromatic heterocycles. The van der Waals surface area contributed by atoms with Crippen molar-refractivity contribution >= 4 is 39.1 Å². The maximum absolute atomic E-state index is 6.28. The van der Waals surface area contributed by atoms with E-state index in [0.29, 0.717) is 10.0 Å². The van der Waals surface area contributed by atoms with Crippen LogP contribution in [0.15, 0.2) is 40.9 Å². The van der Waals surface area contributed by atoms with Crippen LogP contribution in [-0.4, -0.2) is 0 Å². The minimum atomic E-state index is -0.300. The van der Waals surface area contributed by atoms with Gasteiger partial charge in [0, 0.05) is 4.47 Å². The van der Waals surface area contributed by atoms with Gasteiger partial charge in [-0.1, -0.05) is 69.5 Å². The molecule has 0 fully saturated rings. The summed E-state index contributed by atoms with van der Waals surface area (Å²) in [6.45, 7) is 2.03. The summed E-state index contributed by atoms with van der Waals surface area (Å²) in [5, 5.41) is 1.04. The van der Waals surface area contributed by atoms with Gasteiger partial charge in [0.1, 0.15) is 0 Å². The number of benzene rings is 2. The maximum Gasteiger partial charge on any atom is 0.0643 e. The van der Waals surface area contributed by atoms with Crippen molar-refractivity contribution in [2.24, 2.45) is 5.73 Å². The van der Waals surface area contributed by atoms with Crippen molar-refractivity contribution in [3.63, 3.8) is 0 Å². The molecule has 4 heteroatoms. The Hall–Kier alpha value is -0.540. The van der Waals surface area contributed by atoms with Crippen LogP contribution in [0.3, 0.4) is 0 Å². The van der Waals surface area contributed by atoms with E-state index in [4.69, 9.17) is 28.9 Å². The zero-order chi connectivity index (χ0) is 13.3. The smallest absolute Gasteiger partial charge is 0.0643 e. The summed E-state index contributed by atoms with van der Waals surface area (Å²) in [5.41, 5.74) is 9.25. The highest BCUT2D eigenvalue weighted by Gasteiger charge is 2.17. The Bertz CT molecular complexity index is 533. The van der Waals surface area contributed by atoms with Crippen molar-refractivity contribution in [1.82, 2.24) is 0 Å². The van der Waals surface area contributed by atoms with Crippen molar-refractivity contribution < 1.29 is 0 Å². The van der Waals surface area contributed by atoms with Crippen LogP contribution in [0.5, 0.6) is 0 Å². The average molecular weight is 345 g/mol. The van der Waals surface area contributed by atoms with Crippen molar-refractivity contribution in [2.45, 2.75) is 13.0 Å². The molecular weight excluding hydrogens is 333 g/mol. The van der Waals surface area contributed by atoms with Crippen LogP contribution in [-0.2, 0) is 0 Å². The Labute approximate surface area is 125 Å². The third-order valence-corrected chi connectivity index (χ3v) is 4.79. The topological polar surface area (TPSA) is 26.0 Å². The summed E-state index contributed by atoms with van der Waals surface area (Å²) >= 11 is 15.8. The fourth-order valence-electron chi connectivity index (χ4n) is 1.84. The Morgan fingerprint density at radius 3 is 2.39 bits per heavy atom. The number of nitrogens with two attached hydrogens (primary N) is 1. The van der Waals surface area contributed by atoms with E-state index in [2.05, 4.69) is 15.9 Å². The third kappa shape index (κ3) is 2.57. The maximum atomic E-state index is 6.28. The predicted octanol–water partition coefficient (Wildman–Crippen LogP) is 5.11. The van der Waals surface area contributed by atoms with Crippen molar-refractivity contribution in [3.05, 3.63) is 67.6 Å². The molecule has 18 heavy (non-hydrogen) atoms. The van der Waals surface area contributed by atoms with Gasteiger partial charge >= 0.3 is 0 Å². The fraction of sp³-hybridized carbons (Fsp3) is 0.143. The van der Waals surface area contributed by atoms with Gasteiger partial charge in [-0.05, 0) is 29.7 Å². The Morgan fingerprint density at radius 1 is 1.06 bits per heavy atom. The van der Waals surface area contributed by atoms with E-state index >= 15 is 0 Å². The molecule has 2 N–H and O–H groups in total. The highest BCUT2D eigenvalue weighted by atomic mass is 79.9. The van der Waals surface area contributed by atoms with Crippen LogP contribution in [0.4, 0.5) is 0 Å². The van der Waals surface area contributed by atoms with Crippen molar-refractivity contribution in [1.29, 1.82) is 0 Å². The standard InChI is InChI=1S/C14H12BrCl2N/c1-8-4-2-5-9(12(8)15)14(18)10-6-3-7-11(16)13(10)17/h2-7,14H,18H2,1H3. The first-order chi connectivity index (χ1) is 8.52. The average Bonchev–Trinajstić information content (AvgIpc) is 2.35. The number of halogens is 3. The summed E-state index contributed by atoms with van der Waals surface area (Å²) in [5.74, 6) is 0. The lowest BCUT2D eigenvalue weighted by Crippen LogP contribution is -2.13. The predicted molar refractivity (Wildman–Crippen MR) is 81.4 cm³/mol. The normalized spacial score (nSPS) is 12.5. The molecule has 0 aliphatic rings. The quantitative estimate of drug-likeness (QED) is 0.804. The van der Waals surface area contributed by atoms with Crippen LogP contribution in [0.2, 0.25) is 10.0 Å². The van der Waals surface area contributed by atoms with Gasteiger partial charge in [0.25, 0.3) is 0 Å². The largest absolute Gasteiger partial charge is 0.320 e. The van der Waals surface area contributed by atoms with Crippen LogP contribution >= 0.6 is 39.1 Å². The molecule has 2 aromatic rings. The molecule has 94 valence electrons. The van der Waals surface area contributed by atoms with E-state index in [-0.39, 0.29) is 6.04 Å². The molecule has 1 unspecified atom stereocenters. The second kappa shape index (κ2) is 5.62. The lowest BCUT2D eigenvalue weighted by Gasteiger charge is -2.17. The molecule has 0 heterocycles. The van der Waals surface area contributed by atoms with Crippen molar-refractivity contribution in [3.8, 4) is 0 Å².